The van der Waals surface area contributed by atoms with Gasteiger partial charge in [0.15, 0.2) is 5.69 Å². The maximum Gasteiger partial charge on any atom is 0.410 e. The van der Waals surface area contributed by atoms with Crippen LogP contribution in [0.2, 0.25) is 10.0 Å². The van der Waals surface area contributed by atoms with E-state index in [0.29, 0.717) is 60.8 Å². The molecule has 1 fully saturated rings. The number of hydrogen-bond acceptors (Lipinski definition) is 7. The number of amides is 1. The van der Waals surface area contributed by atoms with Crippen molar-refractivity contribution in [1.82, 2.24) is 19.6 Å². The Bertz CT molecular complexity index is 1720. The second kappa shape index (κ2) is 15.1. The van der Waals surface area contributed by atoms with E-state index in [1.165, 1.54) is 6.07 Å². The molecule has 4 aliphatic rings. The van der Waals surface area contributed by atoms with Crippen LogP contribution in [0.15, 0.2) is 52.6 Å². The number of nitrogens with zero attached hydrogens (tertiary/aromatic N) is 4. The highest BCUT2D eigenvalue weighted by atomic mass is 35.5. The first-order chi connectivity index (χ1) is 23.6. The largest absolute Gasteiger partial charge is 0.444 e. The van der Waals surface area contributed by atoms with Crippen LogP contribution < -0.4 is 9.80 Å². The van der Waals surface area contributed by atoms with Crippen LogP contribution >= 0.6 is 35.0 Å². The molecular weight excluding hydrogens is 703 g/mol. The molecule has 1 unspecified atom stereocenters. The van der Waals surface area contributed by atoms with Gasteiger partial charge in [-0.1, -0.05) is 49.2 Å². The summed E-state index contributed by atoms with van der Waals surface area (Å²) in [6.07, 6.45) is 3.78. The lowest BCUT2D eigenvalue weighted by Gasteiger charge is -2.50. The first kappa shape index (κ1) is 38.6. The number of halogens is 4. The van der Waals surface area contributed by atoms with Gasteiger partial charge in [0.2, 0.25) is 5.82 Å². The van der Waals surface area contributed by atoms with Crippen LogP contribution in [-0.4, -0.2) is 97.1 Å². The quantitative estimate of drug-likeness (QED) is 0.192. The first-order valence-electron chi connectivity index (χ1n) is 17.1. The number of amidine groups is 1. The third-order valence-electron chi connectivity index (χ3n) is 9.49. The third kappa shape index (κ3) is 7.32. The number of nitrogens with one attached hydrogen (secondary N) is 1. The molecule has 4 aliphatic heterocycles. The summed E-state index contributed by atoms with van der Waals surface area (Å²) >= 11 is 14.8. The number of piperazine rings is 1. The average molecular weight is 752 g/mol. The summed E-state index contributed by atoms with van der Waals surface area (Å²) in [5, 5.41) is 3.76. The zero-order valence-electron chi connectivity index (χ0n) is 30.1. The number of hydrogen-bond donors (Lipinski definition) is 1. The summed E-state index contributed by atoms with van der Waals surface area (Å²) in [6.45, 7) is 20.9. The van der Waals surface area contributed by atoms with Crippen molar-refractivity contribution in [3.8, 4) is 11.1 Å². The van der Waals surface area contributed by atoms with E-state index in [-0.39, 0.29) is 45.3 Å². The summed E-state index contributed by atoms with van der Waals surface area (Å²) in [6, 6.07) is 3.72. The molecule has 0 aromatic heterocycles. The highest BCUT2D eigenvalue weighted by molar-refractivity contribution is 7.99. The number of thioether (sulfide) groups is 1. The molecule has 6 rings (SSSR count). The Labute approximate surface area is 309 Å². The Morgan fingerprint density at radius 1 is 1.12 bits per heavy atom. The molecule has 0 radical (unpaired) electrons. The van der Waals surface area contributed by atoms with Gasteiger partial charge in [-0.05, 0) is 53.3 Å². The Morgan fingerprint density at radius 3 is 2.48 bits per heavy atom. The maximum absolute atomic E-state index is 15.5. The van der Waals surface area contributed by atoms with E-state index in [0.717, 1.165) is 22.2 Å². The number of benzene rings is 2. The van der Waals surface area contributed by atoms with Gasteiger partial charge in [0.25, 0.3) is 0 Å². The second-order valence-electron chi connectivity index (χ2n) is 14.1. The van der Waals surface area contributed by atoms with Crippen molar-refractivity contribution in [3.63, 3.8) is 0 Å². The SMILES string of the molecule is C=C1N=C(N2C[C@@H](C)N(C(=O)OC(C)(C)C)C[C@@H]2C)c2cc(Cl)c(-c3cc(Cl)c(F)cc3F)c3c2[N+]1(C)[C@@H](CN[C@H]1C=CCOC1)CS3.CC. The molecular formula is C37H48Cl2F2N5O3S+. The minimum atomic E-state index is -0.836. The summed E-state index contributed by atoms with van der Waals surface area (Å²) in [5.74, 6) is 0.392. The summed E-state index contributed by atoms with van der Waals surface area (Å²) in [4.78, 5) is 23.0. The second-order valence-corrected chi connectivity index (χ2v) is 15.9. The summed E-state index contributed by atoms with van der Waals surface area (Å²) in [7, 11) is 2.09. The highest BCUT2D eigenvalue weighted by Gasteiger charge is 2.51. The number of ether oxygens (including phenoxy) is 2. The molecule has 0 spiro atoms. The van der Waals surface area contributed by atoms with E-state index in [1.807, 2.05) is 53.7 Å². The van der Waals surface area contributed by atoms with Crippen LogP contribution in [0.25, 0.3) is 11.1 Å². The number of likely N-dealkylation sites (N-methyl/N-ethyl adjacent to an activating group) is 1. The van der Waals surface area contributed by atoms with Crippen LogP contribution in [0.3, 0.4) is 0 Å². The summed E-state index contributed by atoms with van der Waals surface area (Å²) in [5.41, 5.74) is 1.69. The number of quaternary nitrogens is 1. The fourth-order valence-electron chi connectivity index (χ4n) is 6.90. The highest BCUT2D eigenvalue weighted by Crippen LogP contribution is 2.55. The van der Waals surface area contributed by atoms with Crippen molar-refractivity contribution in [3.05, 3.63) is 70.0 Å². The van der Waals surface area contributed by atoms with Gasteiger partial charge in [-0.25, -0.2) is 18.1 Å². The molecule has 0 saturated carbocycles. The molecule has 50 heavy (non-hydrogen) atoms. The molecule has 1 N–H and O–H groups in total. The van der Waals surface area contributed by atoms with Gasteiger partial charge < -0.3 is 24.6 Å². The molecule has 4 heterocycles. The van der Waals surface area contributed by atoms with Crippen molar-refractivity contribution in [2.75, 3.05) is 45.6 Å². The van der Waals surface area contributed by atoms with Crippen LogP contribution in [0.4, 0.5) is 19.3 Å². The van der Waals surface area contributed by atoms with Gasteiger partial charge in [0.05, 0.1) is 53.1 Å². The molecule has 272 valence electrons. The Kier molecular flexibility index (Phi) is 11.7. The van der Waals surface area contributed by atoms with E-state index in [1.54, 1.807) is 16.7 Å². The smallest absolute Gasteiger partial charge is 0.410 e. The Balaban J connectivity index is 0.00000239. The minimum Gasteiger partial charge on any atom is -0.444 e. The fourth-order valence-corrected chi connectivity index (χ4v) is 9.00. The molecule has 8 nitrogen and oxygen atoms in total. The zero-order chi connectivity index (χ0) is 36.7. The number of carbonyl (C=O) groups is 1. The molecule has 1 saturated heterocycles. The van der Waals surface area contributed by atoms with Crippen molar-refractivity contribution in [1.29, 1.82) is 0 Å². The normalized spacial score (nSPS) is 26.2. The van der Waals surface area contributed by atoms with Crippen LogP contribution in [-0.2, 0) is 9.47 Å². The van der Waals surface area contributed by atoms with E-state index in [2.05, 4.69) is 36.8 Å². The van der Waals surface area contributed by atoms with Crippen LogP contribution in [0, 0.1) is 11.6 Å². The molecule has 2 aromatic carbocycles. The summed E-state index contributed by atoms with van der Waals surface area (Å²) < 4.78 is 41.4. The van der Waals surface area contributed by atoms with E-state index < -0.39 is 17.2 Å². The zero-order valence-corrected chi connectivity index (χ0v) is 32.4. The number of carbonyl (C=O) groups excluding carboxylic acids is 1. The van der Waals surface area contributed by atoms with Crippen molar-refractivity contribution >= 4 is 52.6 Å². The van der Waals surface area contributed by atoms with E-state index >= 15 is 4.39 Å². The fraction of sp³-hybridized carbons (Fsp3) is 0.514. The van der Waals surface area contributed by atoms with Crippen molar-refractivity contribution in [2.45, 2.75) is 83.1 Å². The standard InChI is InChI=1S/C35H42Cl2F2N5O3S.C2H6/c1-19-16-43(34(45)47-35(4,5)6)20(2)15-42(19)33-25-12-27(37)30(24-11-26(36)29(39)13-28(24)38)32-31(25)44(7,21(3)41-33)23(18-48-32)14-40-22-9-8-10-46-17-22;1-2/h8-9,11-13,19-20,22-23,40H,3,10,14-18H2,1-2,4-7H3;1-2H3/q+1;/t19-,20+,22-,23-,44?;/m0./s1. The van der Waals surface area contributed by atoms with Crippen LogP contribution in [0.1, 0.15) is 54.0 Å². The van der Waals surface area contributed by atoms with Gasteiger partial charge in [-0.3, -0.25) is 0 Å². The maximum atomic E-state index is 15.5. The number of rotatable bonds is 4. The van der Waals surface area contributed by atoms with Crippen LogP contribution in [0.5, 0.6) is 0 Å². The average Bonchev–Trinajstić information content (AvgIpc) is 3.06. The lowest BCUT2D eigenvalue weighted by molar-refractivity contribution is 0.000427. The first-order valence-corrected chi connectivity index (χ1v) is 18.9. The van der Waals surface area contributed by atoms with Crippen molar-refractivity contribution in [2.24, 2.45) is 4.99 Å². The van der Waals surface area contributed by atoms with Gasteiger partial charge in [0, 0.05) is 48.4 Å². The molecule has 1 amide bonds. The van der Waals surface area contributed by atoms with Gasteiger partial charge in [0.1, 0.15) is 29.1 Å². The lowest BCUT2D eigenvalue weighted by Crippen LogP contribution is -2.64. The lowest BCUT2D eigenvalue weighted by atomic mass is 9.95. The Morgan fingerprint density at radius 2 is 1.82 bits per heavy atom. The minimum absolute atomic E-state index is 0.00502. The van der Waals surface area contributed by atoms with Gasteiger partial charge in [-0.15, -0.1) is 11.8 Å². The van der Waals surface area contributed by atoms with E-state index in [4.69, 9.17) is 37.7 Å². The monoisotopic (exact) mass is 750 g/mol. The van der Waals surface area contributed by atoms with Gasteiger partial charge >= 0.3 is 6.09 Å². The Hall–Kier alpha value is -2.67. The molecule has 2 aromatic rings. The number of aliphatic imine (C=N–C) groups is 1. The van der Waals surface area contributed by atoms with Gasteiger partial charge in [-0.2, -0.15) is 4.99 Å². The topological polar surface area (TPSA) is 66.4 Å². The molecule has 0 bridgehead atoms. The van der Waals surface area contributed by atoms with Crippen molar-refractivity contribution < 1.29 is 23.0 Å². The molecule has 5 atom stereocenters. The third-order valence-corrected chi connectivity index (χ3v) is 11.3. The molecule has 0 aliphatic carbocycles. The predicted octanol–water partition coefficient (Wildman–Crippen LogP) is 8.48. The molecule has 13 heteroatoms. The van der Waals surface area contributed by atoms with E-state index in [9.17, 15) is 9.18 Å². The predicted molar refractivity (Wildman–Crippen MR) is 201 cm³/mol.